The molecule has 90 valence electrons. The number of hydrogen-bond acceptors (Lipinski definition) is 3. The van der Waals surface area contributed by atoms with E-state index in [-0.39, 0.29) is 6.04 Å². The Morgan fingerprint density at radius 3 is 2.31 bits per heavy atom. The molecule has 0 aliphatic carbocycles. The lowest BCUT2D eigenvalue weighted by Crippen LogP contribution is -2.18. The van der Waals surface area contributed by atoms with Gasteiger partial charge >= 0.3 is 0 Å². The van der Waals surface area contributed by atoms with Crippen LogP contribution in [0.2, 0.25) is 0 Å². The van der Waals surface area contributed by atoms with Crippen molar-refractivity contribution in [1.82, 2.24) is 0 Å². The molecule has 3 heteroatoms. The van der Waals surface area contributed by atoms with Gasteiger partial charge < -0.3 is 15.2 Å². The molecule has 0 bridgehead atoms. The van der Waals surface area contributed by atoms with Crippen molar-refractivity contribution in [2.45, 2.75) is 26.3 Å². The Kier molecular flexibility index (Phi) is 4.62. The molecule has 0 aliphatic heterocycles. The van der Waals surface area contributed by atoms with E-state index < -0.39 is 0 Å². The van der Waals surface area contributed by atoms with Gasteiger partial charge in [-0.15, -0.1) is 0 Å². The Balaban J connectivity index is 2.98. The highest BCUT2D eigenvalue weighted by Gasteiger charge is 2.15. The molecular weight excluding hydrogens is 202 g/mol. The van der Waals surface area contributed by atoms with Gasteiger partial charge in [-0.25, -0.2) is 0 Å². The lowest BCUT2D eigenvalue weighted by molar-refractivity contribution is 0.353. The molecule has 1 rings (SSSR count). The molecule has 0 saturated heterocycles. The second-order valence-electron chi connectivity index (χ2n) is 4.03. The summed E-state index contributed by atoms with van der Waals surface area (Å²) in [6.07, 6.45) is 1.06. The molecule has 0 saturated carbocycles. The Labute approximate surface area is 97.6 Å². The van der Waals surface area contributed by atoms with E-state index in [1.165, 1.54) is 0 Å². The van der Waals surface area contributed by atoms with Gasteiger partial charge in [0.15, 0.2) is 11.5 Å². The Bertz CT molecular complexity index is 339. The maximum atomic E-state index is 6.17. The lowest BCUT2D eigenvalue weighted by atomic mass is 9.93. The molecule has 3 nitrogen and oxygen atoms in total. The van der Waals surface area contributed by atoms with Gasteiger partial charge in [-0.1, -0.05) is 26.3 Å². The highest BCUT2D eigenvalue weighted by Crippen LogP contribution is 2.31. The molecule has 0 fully saturated rings. The van der Waals surface area contributed by atoms with Crippen molar-refractivity contribution >= 4 is 0 Å². The van der Waals surface area contributed by atoms with Crippen LogP contribution in [0, 0.1) is 5.92 Å². The van der Waals surface area contributed by atoms with Crippen molar-refractivity contribution in [1.29, 1.82) is 0 Å². The second kappa shape index (κ2) is 5.75. The van der Waals surface area contributed by atoms with E-state index in [4.69, 9.17) is 15.2 Å². The molecule has 1 unspecified atom stereocenters. The highest BCUT2D eigenvalue weighted by atomic mass is 16.5. The van der Waals surface area contributed by atoms with Gasteiger partial charge in [0.1, 0.15) is 0 Å². The largest absolute Gasteiger partial charge is 0.493 e. The monoisotopic (exact) mass is 223 g/mol. The molecule has 16 heavy (non-hydrogen) atoms. The van der Waals surface area contributed by atoms with E-state index >= 15 is 0 Å². The molecule has 1 aromatic rings. The molecule has 0 spiro atoms. The van der Waals surface area contributed by atoms with Crippen molar-refractivity contribution in [3.8, 4) is 11.5 Å². The molecule has 0 aromatic heterocycles. The van der Waals surface area contributed by atoms with Crippen LogP contribution in [0.4, 0.5) is 0 Å². The number of hydrogen-bond donors (Lipinski definition) is 1. The first-order valence-corrected chi connectivity index (χ1v) is 5.61. The van der Waals surface area contributed by atoms with E-state index in [0.29, 0.717) is 5.92 Å². The minimum atomic E-state index is 0.0461. The predicted octanol–water partition coefficient (Wildman–Crippen LogP) is 2.75. The Morgan fingerprint density at radius 1 is 1.19 bits per heavy atom. The Hall–Kier alpha value is -1.22. The van der Waals surface area contributed by atoms with E-state index in [1.807, 2.05) is 18.2 Å². The summed E-state index contributed by atoms with van der Waals surface area (Å²) in [5, 5.41) is 0. The fourth-order valence-electron chi connectivity index (χ4n) is 1.64. The fraction of sp³-hybridized carbons (Fsp3) is 0.538. The van der Waals surface area contributed by atoms with Crippen LogP contribution in [0.1, 0.15) is 31.9 Å². The van der Waals surface area contributed by atoms with Crippen molar-refractivity contribution in [3.63, 3.8) is 0 Å². The topological polar surface area (TPSA) is 44.5 Å². The lowest BCUT2D eigenvalue weighted by Gasteiger charge is -2.20. The number of benzene rings is 1. The summed E-state index contributed by atoms with van der Waals surface area (Å²) in [6.45, 7) is 4.30. The van der Waals surface area contributed by atoms with Gasteiger partial charge in [0, 0.05) is 6.04 Å². The van der Waals surface area contributed by atoms with Crippen molar-refractivity contribution < 1.29 is 9.47 Å². The van der Waals surface area contributed by atoms with Gasteiger partial charge in [0.2, 0.25) is 0 Å². The van der Waals surface area contributed by atoms with Crippen molar-refractivity contribution in [3.05, 3.63) is 23.8 Å². The molecule has 0 heterocycles. The fourth-order valence-corrected chi connectivity index (χ4v) is 1.64. The predicted molar refractivity (Wildman–Crippen MR) is 65.9 cm³/mol. The quantitative estimate of drug-likeness (QED) is 0.834. The normalized spacial score (nSPS) is 14.3. The van der Waals surface area contributed by atoms with Crippen LogP contribution in [0.25, 0.3) is 0 Å². The summed E-state index contributed by atoms with van der Waals surface area (Å²) in [4.78, 5) is 0. The third-order valence-corrected chi connectivity index (χ3v) is 3.05. The SMILES string of the molecule is CCC(C)[C@@H](N)c1ccc(OC)c(OC)c1. The van der Waals surface area contributed by atoms with E-state index in [2.05, 4.69) is 13.8 Å². The minimum Gasteiger partial charge on any atom is -0.493 e. The maximum absolute atomic E-state index is 6.17. The average Bonchev–Trinajstić information content (AvgIpc) is 2.35. The summed E-state index contributed by atoms with van der Waals surface area (Å²) >= 11 is 0. The first-order valence-electron chi connectivity index (χ1n) is 5.61. The average molecular weight is 223 g/mol. The summed E-state index contributed by atoms with van der Waals surface area (Å²) in [5.41, 5.74) is 7.26. The van der Waals surface area contributed by atoms with Crippen LogP contribution in [0.15, 0.2) is 18.2 Å². The molecular formula is C13H21NO2. The third kappa shape index (κ3) is 2.67. The molecule has 0 amide bonds. The second-order valence-corrected chi connectivity index (χ2v) is 4.03. The first-order chi connectivity index (χ1) is 7.63. The van der Waals surface area contributed by atoms with E-state index in [9.17, 15) is 0 Å². The number of methoxy groups -OCH3 is 2. The van der Waals surface area contributed by atoms with Gasteiger partial charge in [-0.05, 0) is 23.6 Å². The minimum absolute atomic E-state index is 0.0461. The number of rotatable bonds is 5. The molecule has 2 atom stereocenters. The standard InChI is InChI=1S/C13H21NO2/c1-5-9(2)13(14)10-6-7-11(15-3)12(8-10)16-4/h6-9,13H,5,14H2,1-4H3/t9?,13-/m1/s1. The highest BCUT2D eigenvalue weighted by molar-refractivity contribution is 5.43. The van der Waals surface area contributed by atoms with Crippen LogP contribution < -0.4 is 15.2 Å². The summed E-state index contributed by atoms with van der Waals surface area (Å²) < 4.78 is 10.5. The van der Waals surface area contributed by atoms with E-state index in [1.54, 1.807) is 14.2 Å². The molecule has 0 radical (unpaired) electrons. The summed E-state index contributed by atoms with van der Waals surface area (Å²) in [6, 6.07) is 5.90. The van der Waals surface area contributed by atoms with Crippen LogP contribution >= 0.6 is 0 Å². The zero-order valence-electron chi connectivity index (χ0n) is 10.5. The maximum Gasteiger partial charge on any atom is 0.161 e. The summed E-state index contributed by atoms with van der Waals surface area (Å²) in [5.74, 6) is 1.93. The van der Waals surface area contributed by atoms with Crippen molar-refractivity contribution in [2.24, 2.45) is 11.7 Å². The molecule has 0 aliphatic rings. The van der Waals surface area contributed by atoms with Gasteiger partial charge in [0.05, 0.1) is 14.2 Å². The number of nitrogens with two attached hydrogens (primary N) is 1. The van der Waals surface area contributed by atoms with Gasteiger partial charge in [-0.3, -0.25) is 0 Å². The first kappa shape index (κ1) is 12.8. The van der Waals surface area contributed by atoms with Crippen LogP contribution in [-0.2, 0) is 0 Å². The smallest absolute Gasteiger partial charge is 0.161 e. The summed E-state index contributed by atoms with van der Waals surface area (Å²) in [7, 11) is 3.27. The zero-order valence-corrected chi connectivity index (χ0v) is 10.5. The molecule has 2 N–H and O–H groups in total. The van der Waals surface area contributed by atoms with Gasteiger partial charge in [0.25, 0.3) is 0 Å². The van der Waals surface area contributed by atoms with Crippen LogP contribution in [-0.4, -0.2) is 14.2 Å². The number of ether oxygens (including phenoxy) is 2. The van der Waals surface area contributed by atoms with Crippen molar-refractivity contribution in [2.75, 3.05) is 14.2 Å². The van der Waals surface area contributed by atoms with E-state index in [0.717, 1.165) is 23.5 Å². The Morgan fingerprint density at radius 2 is 1.81 bits per heavy atom. The van der Waals surface area contributed by atoms with Crippen LogP contribution in [0.3, 0.4) is 0 Å². The van der Waals surface area contributed by atoms with Crippen LogP contribution in [0.5, 0.6) is 11.5 Å². The molecule has 1 aromatic carbocycles. The zero-order chi connectivity index (χ0) is 12.1. The third-order valence-electron chi connectivity index (χ3n) is 3.05. The van der Waals surface area contributed by atoms with Gasteiger partial charge in [-0.2, -0.15) is 0 Å².